The molecule has 3 heterocycles. The van der Waals surface area contributed by atoms with Crippen molar-refractivity contribution in [3.63, 3.8) is 0 Å². The molecule has 0 N–H and O–H groups in total. The summed E-state index contributed by atoms with van der Waals surface area (Å²) in [4.78, 5) is 15.0. The summed E-state index contributed by atoms with van der Waals surface area (Å²) in [5.41, 5.74) is 0. The first-order valence-corrected chi connectivity index (χ1v) is 12.7. The van der Waals surface area contributed by atoms with Crippen LogP contribution in [0.1, 0.15) is 32.0 Å². The second-order valence-corrected chi connectivity index (χ2v) is 10.9. The number of sulfonamides is 1. The van der Waals surface area contributed by atoms with Crippen molar-refractivity contribution in [2.24, 2.45) is 0 Å². The van der Waals surface area contributed by atoms with E-state index < -0.39 is 10.0 Å². The lowest BCUT2D eigenvalue weighted by Crippen LogP contribution is -2.52. The highest BCUT2D eigenvalue weighted by Crippen LogP contribution is 2.27. The van der Waals surface area contributed by atoms with Crippen molar-refractivity contribution in [1.29, 1.82) is 0 Å². The minimum absolute atomic E-state index is 0.0164. The molecule has 1 saturated heterocycles. The minimum Gasteiger partial charge on any atom is -0.339 e. The van der Waals surface area contributed by atoms with E-state index in [0.29, 0.717) is 31.1 Å². The number of carbonyl (C=O) groups is 1. The highest BCUT2D eigenvalue weighted by atomic mass is 32.2. The third kappa shape index (κ3) is 4.40. The van der Waals surface area contributed by atoms with Crippen molar-refractivity contribution in [3.05, 3.63) is 36.2 Å². The highest BCUT2D eigenvalue weighted by Gasteiger charge is 2.32. The molecule has 30 heavy (non-hydrogen) atoms. The molecule has 0 bridgehead atoms. The van der Waals surface area contributed by atoms with Gasteiger partial charge in [0.05, 0.1) is 10.1 Å². The molecule has 1 unspecified atom stereocenters. The molecule has 1 fully saturated rings. The maximum atomic E-state index is 13.0. The molecule has 1 amide bonds. The lowest BCUT2D eigenvalue weighted by molar-refractivity contribution is -0.131. The van der Waals surface area contributed by atoms with E-state index in [-0.39, 0.29) is 11.2 Å². The molecule has 2 aliphatic heterocycles. The van der Waals surface area contributed by atoms with Crippen molar-refractivity contribution in [2.75, 3.05) is 26.2 Å². The lowest BCUT2D eigenvalue weighted by Gasteiger charge is -2.35. The number of carbonyl (C=O) groups excluding carboxylic acids is 1. The molecule has 0 aliphatic carbocycles. The van der Waals surface area contributed by atoms with Gasteiger partial charge in [-0.15, -0.1) is 10.2 Å². The molecule has 10 heteroatoms. The quantitative estimate of drug-likeness (QED) is 0.649. The van der Waals surface area contributed by atoms with E-state index in [4.69, 9.17) is 0 Å². The fraction of sp³-hybridized carbons (Fsp3) is 0.550. The summed E-state index contributed by atoms with van der Waals surface area (Å²) < 4.78 is 29.2. The summed E-state index contributed by atoms with van der Waals surface area (Å²) in [6.45, 7) is 4.20. The van der Waals surface area contributed by atoms with Crippen LogP contribution in [0.25, 0.3) is 0 Å². The Labute approximate surface area is 181 Å². The smallest absolute Gasteiger partial charge is 0.243 e. The Morgan fingerprint density at radius 1 is 1.00 bits per heavy atom. The summed E-state index contributed by atoms with van der Waals surface area (Å²) in [7, 11) is -3.52. The summed E-state index contributed by atoms with van der Waals surface area (Å²) in [6.07, 6.45) is 4.37. The van der Waals surface area contributed by atoms with Crippen LogP contribution < -0.4 is 0 Å². The van der Waals surface area contributed by atoms with Crippen LogP contribution in [0.4, 0.5) is 0 Å². The first kappa shape index (κ1) is 21.3. The standard InChI is InChI=1S/C20H27N5O3S2/c1-16(29-20-22-21-18-10-6-3-7-11-25(18)20)19(26)23-12-14-24(15-13-23)30(27,28)17-8-4-2-5-9-17/h2,4-5,8-9,16H,3,6-7,10-15H2,1H3. The number of aryl methyl sites for hydroxylation is 1. The van der Waals surface area contributed by atoms with Gasteiger partial charge in [-0.2, -0.15) is 4.31 Å². The Hall–Kier alpha value is -1.91. The third-order valence-electron chi connectivity index (χ3n) is 5.64. The summed E-state index contributed by atoms with van der Waals surface area (Å²) in [5.74, 6) is 1.03. The molecule has 8 nitrogen and oxygen atoms in total. The molecule has 162 valence electrons. The van der Waals surface area contributed by atoms with E-state index in [1.165, 1.54) is 22.5 Å². The second kappa shape index (κ2) is 9.07. The average molecular weight is 450 g/mol. The minimum atomic E-state index is -3.52. The van der Waals surface area contributed by atoms with Crippen LogP contribution in [-0.4, -0.2) is 69.7 Å². The monoisotopic (exact) mass is 449 g/mol. The zero-order valence-corrected chi connectivity index (χ0v) is 18.7. The number of piperazine rings is 1. The van der Waals surface area contributed by atoms with Crippen LogP contribution in [0.2, 0.25) is 0 Å². The largest absolute Gasteiger partial charge is 0.339 e. The van der Waals surface area contributed by atoms with Crippen LogP contribution in [0.5, 0.6) is 0 Å². The summed E-state index contributed by atoms with van der Waals surface area (Å²) in [5, 5.41) is 9.11. The molecule has 4 rings (SSSR count). The van der Waals surface area contributed by atoms with Crippen molar-refractivity contribution >= 4 is 27.7 Å². The van der Waals surface area contributed by atoms with Crippen LogP contribution in [-0.2, 0) is 27.8 Å². The van der Waals surface area contributed by atoms with Crippen LogP contribution in [0.15, 0.2) is 40.4 Å². The maximum absolute atomic E-state index is 13.0. The Morgan fingerprint density at radius 3 is 2.47 bits per heavy atom. The molecule has 2 aliphatic rings. The highest BCUT2D eigenvalue weighted by molar-refractivity contribution is 8.00. The van der Waals surface area contributed by atoms with Crippen LogP contribution >= 0.6 is 11.8 Å². The van der Waals surface area contributed by atoms with Gasteiger partial charge in [0.25, 0.3) is 0 Å². The van der Waals surface area contributed by atoms with Gasteiger partial charge in [-0.3, -0.25) is 4.79 Å². The number of benzene rings is 1. The van der Waals surface area contributed by atoms with Gasteiger partial charge in [0, 0.05) is 39.1 Å². The van der Waals surface area contributed by atoms with Gasteiger partial charge in [0.1, 0.15) is 5.82 Å². The predicted molar refractivity (Wildman–Crippen MR) is 115 cm³/mol. The molecule has 1 aromatic heterocycles. The summed E-state index contributed by atoms with van der Waals surface area (Å²) in [6, 6.07) is 8.44. The Morgan fingerprint density at radius 2 is 1.73 bits per heavy atom. The SMILES string of the molecule is CC(Sc1nnc2n1CCCCC2)C(=O)N1CCN(S(=O)(=O)c2ccccc2)CC1. The van der Waals surface area contributed by atoms with Crippen LogP contribution in [0.3, 0.4) is 0 Å². The van der Waals surface area contributed by atoms with Gasteiger partial charge in [0.2, 0.25) is 15.9 Å². The number of rotatable bonds is 5. The maximum Gasteiger partial charge on any atom is 0.243 e. The predicted octanol–water partition coefficient (Wildman–Crippen LogP) is 2.02. The van der Waals surface area contributed by atoms with E-state index in [0.717, 1.165) is 36.8 Å². The number of nitrogens with zero attached hydrogens (tertiary/aromatic N) is 5. The molecule has 2 aromatic rings. The van der Waals surface area contributed by atoms with Crippen LogP contribution in [0, 0.1) is 0 Å². The molecular weight excluding hydrogens is 422 g/mol. The Bertz CT molecular complexity index is 985. The molecular formula is C20H27N5O3S2. The number of thioether (sulfide) groups is 1. The van der Waals surface area contributed by atoms with Crippen molar-refractivity contribution < 1.29 is 13.2 Å². The summed E-state index contributed by atoms with van der Waals surface area (Å²) >= 11 is 1.45. The van der Waals surface area contributed by atoms with Gasteiger partial charge in [-0.25, -0.2) is 8.42 Å². The fourth-order valence-corrected chi connectivity index (χ4v) is 6.32. The molecule has 0 radical (unpaired) electrons. The van der Waals surface area contributed by atoms with Gasteiger partial charge in [0.15, 0.2) is 5.16 Å². The van der Waals surface area contributed by atoms with Gasteiger partial charge >= 0.3 is 0 Å². The molecule has 0 spiro atoms. The number of amides is 1. The topological polar surface area (TPSA) is 88.4 Å². The Balaban J connectivity index is 1.36. The average Bonchev–Trinajstić information content (AvgIpc) is 2.99. The van der Waals surface area contributed by atoms with Gasteiger partial charge < -0.3 is 9.47 Å². The fourth-order valence-electron chi connectivity index (χ4n) is 3.90. The molecule has 0 saturated carbocycles. The first-order chi connectivity index (χ1) is 14.5. The third-order valence-corrected chi connectivity index (χ3v) is 8.62. The van der Waals surface area contributed by atoms with Crippen molar-refractivity contribution in [3.8, 4) is 0 Å². The van der Waals surface area contributed by atoms with E-state index in [1.54, 1.807) is 35.2 Å². The number of aromatic nitrogens is 3. The zero-order chi connectivity index (χ0) is 21.1. The first-order valence-electron chi connectivity index (χ1n) is 10.4. The number of fused-ring (bicyclic) bond motifs is 1. The number of hydrogen-bond acceptors (Lipinski definition) is 6. The molecule has 1 atom stereocenters. The van der Waals surface area contributed by atoms with E-state index in [9.17, 15) is 13.2 Å². The lowest BCUT2D eigenvalue weighted by atomic mass is 10.2. The number of hydrogen-bond donors (Lipinski definition) is 0. The van der Waals surface area contributed by atoms with E-state index >= 15 is 0 Å². The normalized spacial score (nSPS) is 19.2. The van der Waals surface area contributed by atoms with Gasteiger partial charge in [-0.05, 0) is 31.9 Å². The van der Waals surface area contributed by atoms with Gasteiger partial charge in [-0.1, -0.05) is 36.4 Å². The second-order valence-electron chi connectivity index (χ2n) is 7.66. The van der Waals surface area contributed by atoms with E-state index in [1.807, 2.05) is 6.92 Å². The molecule has 1 aromatic carbocycles. The zero-order valence-electron chi connectivity index (χ0n) is 17.1. The van der Waals surface area contributed by atoms with E-state index in [2.05, 4.69) is 14.8 Å². The Kier molecular flexibility index (Phi) is 6.45. The van der Waals surface area contributed by atoms with Crippen molar-refractivity contribution in [2.45, 2.75) is 54.5 Å². The van der Waals surface area contributed by atoms with Crippen molar-refractivity contribution in [1.82, 2.24) is 24.0 Å².